The molecule has 0 bridgehead atoms. The van der Waals surface area contributed by atoms with E-state index in [1.807, 2.05) is 4.90 Å². The third kappa shape index (κ3) is 3.88. The Morgan fingerprint density at radius 3 is 3.00 bits per heavy atom. The van der Waals surface area contributed by atoms with E-state index >= 15 is 0 Å². The molecule has 0 radical (unpaired) electrons. The first-order valence-electron chi connectivity index (χ1n) is 5.24. The van der Waals surface area contributed by atoms with Gasteiger partial charge in [-0.2, -0.15) is 0 Å². The Balaban J connectivity index is 2.88. The van der Waals surface area contributed by atoms with E-state index in [0.29, 0.717) is 25.5 Å². The molecule has 1 rings (SSSR count). The lowest BCUT2D eigenvalue weighted by Crippen LogP contribution is -2.28. The molecule has 0 fully saturated rings. The fraction of sp³-hybridized carbons (Fsp3) is 0.333. The average Bonchev–Trinajstić information content (AvgIpc) is 2.34. The second-order valence-corrected chi connectivity index (χ2v) is 3.41. The smallest absolute Gasteiger partial charge is 0.354 e. The molecule has 1 aromatic rings. The van der Waals surface area contributed by atoms with Gasteiger partial charge in [-0.05, 0) is 12.1 Å². The molecular weight excluding hydrogens is 220 g/mol. The van der Waals surface area contributed by atoms with Crippen LogP contribution in [0, 0.1) is 0 Å². The van der Waals surface area contributed by atoms with Crippen molar-refractivity contribution in [1.29, 1.82) is 0 Å². The summed E-state index contributed by atoms with van der Waals surface area (Å²) in [6.45, 7) is 5.45. The molecule has 0 aromatic carbocycles. The molecule has 0 aliphatic heterocycles. The highest BCUT2D eigenvalue weighted by Crippen LogP contribution is 2.11. The third-order valence-corrected chi connectivity index (χ3v) is 2.19. The molecule has 0 saturated carbocycles. The van der Waals surface area contributed by atoms with Crippen molar-refractivity contribution in [1.82, 2.24) is 4.98 Å². The summed E-state index contributed by atoms with van der Waals surface area (Å²) in [4.78, 5) is 16.8. The van der Waals surface area contributed by atoms with Crippen LogP contribution in [0.5, 0.6) is 0 Å². The summed E-state index contributed by atoms with van der Waals surface area (Å²) >= 11 is 0. The molecule has 5 nitrogen and oxygen atoms in total. The van der Waals surface area contributed by atoms with Gasteiger partial charge in [0, 0.05) is 20.2 Å². The van der Waals surface area contributed by atoms with Gasteiger partial charge in [-0.3, -0.25) is 0 Å². The lowest BCUT2D eigenvalue weighted by Gasteiger charge is -2.21. The maximum atomic E-state index is 10.8. The number of carboxylic acids is 1. The molecule has 1 N–H and O–H groups in total. The van der Waals surface area contributed by atoms with Gasteiger partial charge >= 0.3 is 5.97 Å². The van der Waals surface area contributed by atoms with Crippen LogP contribution in [0.2, 0.25) is 0 Å². The van der Waals surface area contributed by atoms with Crippen LogP contribution in [0.4, 0.5) is 5.82 Å². The fourth-order valence-corrected chi connectivity index (χ4v) is 1.38. The second-order valence-electron chi connectivity index (χ2n) is 3.41. The largest absolute Gasteiger partial charge is 0.477 e. The zero-order chi connectivity index (χ0) is 12.7. The zero-order valence-electron chi connectivity index (χ0n) is 9.80. The molecule has 0 aliphatic rings. The predicted molar refractivity (Wildman–Crippen MR) is 65.5 cm³/mol. The third-order valence-electron chi connectivity index (χ3n) is 2.19. The number of methoxy groups -OCH3 is 1. The van der Waals surface area contributed by atoms with Gasteiger partial charge in [0.1, 0.15) is 5.82 Å². The number of hydrogen-bond donors (Lipinski definition) is 1. The molecule has 0 unspecified atom stereocenters. The number of hydrogen-bond acceptors (Lipinski definition) is 4. The van der Waals surface area contributed by atoms with E-state index in [2.05, 4.69) is 11.6 Å². The second kappa shape index (κ2) is 6.65. The number of nitrogens with zero attached hydrogens (tertiary/aromatic N) is 2. The molecule has 1 heterocycles. The van der Waals surface area contributed by atoms with Crippen LogP contribution in [0.1, 0.15) is 10.5 Å². The number of carbonyl (C=O) groups is 1. The number of pyridine rings is 1. The Kier molecular flexibility index (Phi) is 5.16. The number of carboxylic acid groups (broad SMARTS) is 1. The van der Waals surface area contributed by atoms with Crippen LogP contribution in [0.3, 0.4) is 0 Å². The highest BCUT2D eigenvalue weighted by molar-refractivity contribution is 5.85. The summed E-state index contributed by atoms with van der Waals surface area (Å²) in [7, 11) is 1.62. The van der Waals surface area contributed by atoms with Gasteiger partial charge < -0.3 is 14.7 Å². The van der Waals surface area contributed by atoms with Crippen molar-refractivity contribution in [2.24, 2.45) is 0 Å². The van der Waals surface area contributed by atoms with Gasteiger partial charge in [0.25, 0.3) is 0 Å². The van der Waals surface area contributed by atoms with Crippen LogP contribution in [-0.2, 0) is 4.74 Å². The van der Waals surface area contributed by atoms with E-state index in [0.717, 1.165) is 0 Å². The number of ether oxygens (including phenoxy) is 1. The Morgan fingerprint density at radius 1 is 1.65 bits per heavy atom. The number of aromatic nitrogens is 1. The number of anilines is 1. The van der Waals surface area contributed by atoms with Crippen molar-refractivity contribution < 1.29 is 14.6 Å². The van der Waals surface area contributed by atoms with E-state index in [9.17, 15) is 4.79 Å². The monoisotopic (exact) mass is 236 g/mol. The predicted octanol–water partition coefficient (Wildman–Crippen LogP) is 1.42. The Labute approximate surface area is 100 Å². The van der Waals surface area contributed by atoms with Gasteiger partial charge in [0.15, 0.2) is 5.69 Å². The van der Waals surface area contributed by atoms with Crippen LogP contribution in [-0.4, -0.2) is 42.9 Å². The van der Waals surface area contributed by atoms with Crippen LogP contribution in [0.25, 0.3) is 0 Å². The van der Waals surface area contributed by atoms with Gasteiger partial charge in [-0.25, -0.2) is 9.78 Å². The van der Waals surface area contributed by atoms with Gasteiger partial charge in [-0.1, -0.05) is 12.1 Å². The van der Waals surface area contributed by atoms with Crippen LogP contribution >= 0.6 is 0 Å². The van der Waals surface area contributed by atoms with E-state index in [4.69, 9.17) is 9.84 Å². The molecule has 92 valence electrons. The van der Waals surface area contributed by atoms with Crippen molar-refractivity contribution >= 4 is 11.8 Å². The van der Waals surface area contributed by atoms with E-state index in [1.165, 1.54) is 6.07 Å². The Bertz CT molecular complexity index is 393. The molecule has 0 aliphatic carbocycles. The first kappa shape index (κ1) is 13.2. The maximum Gasteiger partial charge on any atom is 0.354 e. The maximum absolute atomic E-state index is 10.8. The molecular formula is C12H16N2O3. The highest BCUT2D eigenvalue weighted by Gasteiger charge is 2.09. The zero-order valence-corrected chi connectivity index (χ0v) is 9.80. The molecule has 0 saturated heterocycles. The fourth-order valence-electron chi connectivity index (χ4n) is 1.38. The lowest BCUT2D eigenvalue weighted by molar-refractivity contribution is 0.0690. The SMILES string of the molecule is C=CCN(CCOC)c1cccc(C(=O)O)n1. The van der Waals surface area contributed by atoms with Crippen molar-refractivity contribution in [2.75, 3.05) is 31.7 Å². The normalized spacial score (nSPS) is 9.94. The van der Waals surface area contributed by atoms with Crippen molar-refractivity contribution in [3.63, 3.8) is 0 Å². The van der Waals surface area contributed by atoms with E-state index < -0.39 is 5.97 Å². The summed E-state index contributed by atoms with van der Waals surface area (Å²) in [5, 5.41) is 8.87. The van der Waals surface area contributed by atoms with Gasteiger partial charge in [0.05, 0.1) is 6.61 Å². The number of rotatable bonds is 7. The quantitative estimate of drug-likeness (QED) is 0.725. The van der Waals surface area contributed by atoms with E-state index in [-0.39, 0.29) is 5.69 Å². The molecule has 0 spiro atoms. The first-order valence-corrected chi connectivity index (χ1v) is 5.24. The highest BCUT2D eigenvalue weighted by atomic mass is 16.5. The minimum absolute atomic E-state index is 0.0361. The van der Waals surface area contributed by atoms with Crippen molar-refractivity contribution in [2.45, 2.75) is 0 Å². The van der Waals surface area contributed by atoms with Crippen molar-refractivity contribution in [3.8, 4) is 0 Å². The minimum atomic E-state index is -1.03. The first-order chi connectivity index (χ1) is 8.19. The molecule has 1 aromatic heterocycles. The average molecular weight is 236 g/mol. The summed E-state index contributed by atoms with van der Waals surface area (Å²) in [5.74, 6) is -0.418. The summed E-state index contributed by atoms with van der Waals surface area (Å²) in [5.41, 5.74) is 0.0361. The van der Waals surface area contributed by atoms with Gasteiger partial charge in [0.2, 0.25) is 0 Å². The summed E-state index contributed by atoms with van der Waals surface area (Å²) in [6, 6.07) is 4.91. The minimum Gasteiger partial charge on any atom is -0.477 e. The lowest BCUT2D eigenvalue weighted by atomic mass is 10.3. The van der Waals surface area contributed by atoms with Crippen LogP contribution in [0.15, 0.2) is 30.9 Å². The standard InChI is InChI=1S/C12H16N2O3/c1-3-7-14(8-9-17-2)11-6-4-5-10(13-11)12(15)16/h3-6H,1,7-9H2,2H3,(H,15,16). The molecule has 0 amide bonds. The van der Waals surface area contributed by atoms with Gasteiger partial charge in [-0.15, -0.1) is 6.58 Å². The number of aromatic carboxylic acids is 1. The molecule has 5 heteroatoms. The Morgan fingerprint density at radius 2 is 2.41 bits per heavy atom. The summed E-state index contributed by atoms with van der Waals surface area (Å²) in [6.07, 6.45) is 1.74. The van der Waals surface area contributed by atoms with Crippen molar-refractivity contribution in [3.05, 3.63) is 36.5 Å². The summed E-state index contributed by atoms with van der Waals surface area (Å²) < 4.78 is 5.00. The molecule has 0 atom stereocenters. The Hall–Kier alpha value is -1.88. The van der Waals surface area contributed by atoms with Crippen LogP contribution < -0.4 is 4.90 Å². The molecule has 17 heavy (non-hydrogen) atoms. The van der Waals surface area contributed by atoms with E-state index in [1.54, 1.807) is 25.3 Å². The topological polar surface area (TPSA) is 62.7 Å².